The molecule has 0 aliphatic carbocycles. The van der Waals surface area contributed by atoms with Gasteiger partial charge in [-0.05, 0) is 44.2 Å². The SMILES string of the molecule is CCC(C)NC(=O)C(C)N(Cc1ccc(C)cc1)C(=O)CN(c1cccc2ccccc12)S(C)(=O)=O. The predicted molar refractivity (Wildman–Crippen MR) is 145 cm³/mol. The second kappa shape index (κ2) is 11.6. The molecule has 0 spiro atoms. The fourth-order valence-corrected chi connectivity index (χ4v) is 4.82. The van der Waals surface area contributed by atoms with E-state index in [-0.39, 0.29) is 18.5 Å². The van der Waals surface area contributed by atoms with Crippen molar-refractivity contribution in [3.05, 3.63) is 77.9 Å². The van der Waals surface area contributed by atoms with Crippen LogP contribution in [0.15, 0.2) is 66.7 Å². The molecule has 0 saturated heterocycles. The van der Waals surface area contributed by atoms with E-state index < -0.39 is 28.5 Å². The molecule has 0 bridgehead atoms. The molecule has 1 N–H and O–H groups in total. The lowest BCUT2D eigenvalue weighted by molar-refractivity contribution is -0.139. The summed E-state index contributed by atoms with van der Waals surface area (Å²) in [5.41, 5.74) is 2.36. The van der Waals surface area contributed by atoms with Crippen LogP contribution in [-0.2, 0) is 26.2 Å². The van der Waals surface area contributed by atoms with Crippen LogP contribution in [0.5, 0.6) is 0 Å². The van der Waals surface area contributed by atoms with Crippen molar-refractivity contribution in [3.8, 4) is 0 Å². The van der Waals surface area contributed by atoms with Gasteiger partial charge in [-0.2, -0.15) is 0 Å². The van der Waals surface area contributed by atoms with Crippen LogP contribution >= 0.6 is 0 Å². The normalized spacial score (nSPS) is 13.1. The molecular weight excluding hydrogens is 474 g/mol. The molecule has 0 saturated carbocycles. The molecule has 0 heterocycles. The smallest absolute Gasteiger partial charge is 0.244 e. The number of rotatable bonds is 10. The van der Waals surface area contributed by atoms with Gasteiger partial charge in [0.05, 0.1) is 11.9 Å². The van der Waals surface area contributed by atoms with Crippen molar-refractivity contribution in [2.45, 2.75) is 52.7 Å². The third kappa shape index (κ3) is 6.63. The van der Waals surface area contributed by atoms with Gasteiger partial charge in [-0.3, -0.25) is 13.9 Å². The first-order valence-corrected chi connectivity index (χ1v) is 14.0. The number of aryl methyl sites for hydroxylation is 1. The number of carbonyl (C=O) groups excluding carboxylic acids is 2. The monoisotopic (exact) mass is 509 g/mol. The van der Waals surface area contributed by atoms with E-state index in [1.165, 1.54) is 4.90 Å². The minimum atomic E-state index is -3.80. The summed E-state index contributed by atoms with van der Waals surface area (Å²) in [7, 11) is -3.80. The van der Waals surface area contributed by atoms with Crippen molar-refractivity contribution < 1.29 is 18.0 Å². The highest BCUT2D eigenvalue weighted by molar-refractivity contribution is 7.92. The van der Waals surface area contributed by atoms with Crippen LogP contribution in [0.4, 0.5) is 5.69 Å². The number of carbonyl (C=O) groups is 2. The fourth-order valence-electron chi connectivity index (χ4n) is 3.96. The Labute approximate surface area is 214 Å². The van der Waals surface area contributed by atoms with E-state index in [0.29, 0.717) is 5.69 Å². The molecule has 3 rings (SSSR count). The lowest BCUT2D eigenvalue weighted by atomic mass is 10.1. The van der Waals surface area contributed by atoms with Crippen LogP contribution < -0.4 is 9.62 Å². The average molecular weight is 510 g/mol. The highest BCUT2D eigenvalue weighted by atomic mass is 32.2. The second-order valence-corrected chi connectivity index (χ2v) is 11.2. The van der Waals surface area contributed by atoms with Gasteiger partial charge in [-0.1, -0.05) is 73.2 Å². The summed E-state index contributed by atoms with van der Waals surface area (Å²) in [5.74, 6) is -0.735. The molecular formula is C28H35N3O4S. The molecule has 0 fully saturated rings. The Morgan fingerprint density at radius 2 is 1.58 bits per heavy atom. The van der Waals surface area contributed by atoms with E-state index in [1.807, 2.05) is 75.4 Å². The fraction of sp³-hybridized carbons (Fsp3) is 0.357. The first-order chi connectivity index (χ1) is 17.0. The quantitative estimate of drug-likeness (QED) is 0.443. The van der Waals surface area contributed by atoms with Gasteiger partial charge in [0, 0.05) is 18.0 Å². The van der Waals surface area contributed by atoms with Crippen LogP contribution in [0.1, 0.15) is 38.3 Å². The molecule has 192 valence electrons. The Kier molecular flexibility index (Phi) is 8.74. The number of sulfonamides is 1. The zero-order valence-corrected chi connectivity index (χ0v) is 22.4. The molecule has 8 heteroatoms. The minimum absolute atomic E-state index is 0.0421. The van der Waals surface area contributed by atoms with Gasteiger partial charge in [0.2, 0.25) is 21.8 Å². The number of nitrogens with one attached hydrogen (secondary N) is 1. The second-order valence-electron chi connectivity index (χ2n) is 9.27. The Hall–Kier alpha value is -3.39. The summed E-state index contributed by atoms with van der Waals surface area (Å²) in [6, 6.07) is 19.7. The number of benzene rings is 3. The first kappa shape index (κ1) is 27.2. The van der Waals surface area contributed by atoms with Gasteiger partial charge in [-0.15, -0.1) is 0 Å². The van der Waals surface area contributed by atoms with Crippen molar-refractivity contribution >= 4 is 38.3 Å². The van der Waals surface area contributed by atoms with Gasteiger partial charge < -0.3 is 10.2 Å². The number of fused-ring (bicyclic) bond motifs is 1. The van der Waals surface area contributed by atoms with Crippen LogP contribution in [0.2, 0.25) is 0 Å². The van der Waals surface area contributed by atoms with Crippen molar-refractivity contribution in [3.63, 3.8) is 0 Å². The highest BCUT2D eigenvalue weighted by Gasteiger charge is 2.31. The maximum atomic E-state index is 13.7. The molecule has 3 aromatic rings. The highest BCUT2D eigenvalue weighted by Crippen LogP contribution is 2.28. The molecule has 2 unspecified atom stereocenters. The van der Waals surface area contributed by atoms with Crippen LogP contribution in [0.3, 0.4) is 0 Å². The Morgan fingerprint density at radius 3 is 2.22 bits per heavy atom. The van der Waals surface area contributed by atoms with Crippen molar-refractivity contribution in [2.75, 3.05) is 17.1 Å². The largest absolute Gasteiger partial charge is 0.352 e. The van der Waals surface area contributed by atoms with Gasteiger partial charge >= 0.3 is 0 Å². The van der Waals surface area contributed by atoms with E-state index in [9.17, 15) is 18.0 Å². The Bertz CT molecular complexity index is 1320. The standard InChI is InChI=1S/C28H35N3O4S/c1-6-21(3)29-28(33)22(4)30(18-23-16-14-20(2)15-17-23)27(32)19-31(36(5,34)35)26-13-9-11-24-10-7-8-12-25(24)26/h7-17,21-22H,6,18-19H2,1-5H3,(H,29,33). The summed E-state index contributed by atoms with van der Waals surface area (Å²) in [6.45, 7) is 7.29. The molecule has 0 aliphatic heterocycles. The lowest BCUT2D eigenvalue weighted by Gasteiger charge is -2.32. The van der Waals surface area contributed by atoms with Crippen LogP contribution in [0.25, 0.3) is 10.8 Å². The Morgan fingerprint density at radius 1 is 0.944 bits per heavy atom. The number of amides is 2. The molecule has 3 aromatic carbocycles. The van der Waals surface area contributed by atoms with Crippen LogP contribution in [-0.4, -0.2) is 50.0 Å². The van der Waals surface area contributed by atoms with E-state index in [1.54, 1.807) is 19.1 Å². The number of anilines is 1. The summed E-state index contributed by atoms with van der Waals surface area (Å²) in [5, 5.41) is 4.53. The summed E-state index contributed by atoms with van der Waals surface area (Å²) in [4.78, 5) is 28.2. The maximum Gasteiger partial charge on any atom is 0.244 e. The summed E-state index contributed by atoms with van der Waals surface area (Å²) < 4.78 is 26.9. The third-order valence-corrected chi connectivity index (χ3v) is 7.48. The first-order valence-electron chi connectivity index (χ1n) is 12.1. The van der Waals surface area contributed by atoms with Gasteiger partial charge in [0.15, 0.2) is 0 Å². The van der Waals surface area contributed by atoms with Gasteiger partial charge in [0.1, 0.15) is 12.6 Å². The van der Waals surface area contributed by atoms with Crippen molar-refractivity contribution in [2.24, 2.45) is 0 Å². The molecule has 0 aliphatic rings. The summed E-state index contributed by atoms with van der Waals surface area (Å²) >= 11 is 0. The third-order valence-electron chi connectivity index (χ3n) is 6.36. The predicted octanol–water partition coefficient (Wildman–Crippen LogP) is 4.25. The summed E-state index contributed by atoms with van der Waals surface area (Å²) in [6.07, 6.45) is 1.85. The zero-order valence-electron chi connectivity index (χ0n) is 21.6. The molecule has 7 nitrogen and oxygen atoms in total. The topological polar surface area (TPSA) is 86.8 Å². The Balaban J connectivity index is 1.98. The van der Waals surface area contributed by atoms with Gasteiger partial charge in [0.25, 0.3) is 0 Å². The average Bonchev–Trinajstić information content (AvgIpc) is 2.85. The molecule has 36 heavy (non-hydrogen) atoms. The van der Waals surface area contributed by atoms with E-state index >= 15 is 0 Å². The maximum absolute atomic E-state index is 13.7. The number of hydrogen-bond acceptors (Lipinski definition) is 4. The molecule has 2 atom stereocenters. The van der Waals surface area contributed by atoms with Crippen molar-refractivity contribution in [1.29, 1.82) is 0 Å². The van der Waals surface area contributed by atoms with Crippen molar-refractivity contribution in [1.82, 2.24) is 10.2 Å². The molecule has 0 aromatic heterocycles. The minimum Gasteiger partial charge on any atom is -0.352 e. The lowest BCUT2D eigenvalue weighted by Crippen LogP contribution is -2.52. The number of nitrogens with zero attached hydrogens (tertiary/aromatic N) is 2. The zero-order chi connectivity index (χ0) is 26.5. The van der Waals surface area contributed by atoms with E-state index in [4.69, 9.17) is 0 Å². The number of hydrogen-bond donors (Lipinski definition) is 1. The molecule has 0 radical (unpaired) electrons. The van der Waals surface area contributed by atoms with E-state index in [0.717, 1.165) is 38.9 Å². The molecule has 2 amide bonds. The van der Waals surface area contributed by atoms with Gasteiger partial charge in [-0.25, -0.2) is 8.42 Å². The van der Waals surface area contributed by atoms with E-state index in [2.05, 4.69) is 5.32 Å². The van der Waals surface area contributed by atoms with Crippen LogP contribution in [0, 0.1) is 6.92 Å².